The number of para-hydroxylation sites is 1. The van der Waals surface area contributed by atoms with E-state index in [1.807, 2.05) is 30.3 Å². The largest absolute Gasteiger partial charge is 0.484 e. The number of methoxy groups -OCH3 is 1. The number of nitrogens with zero attached hydrogens (tertiary/aromatic N) is 1. The van der Waals surface area contributed by atoms with Crippen LogP contribution in [0, 0.1) is 5.92 Å². The molecular weight excluding hydrogens is 270 g/mol. The van der Waals surface area contributed by atoms with E-state index in [0.29, 0.717) is 25.6 Å². The van der Waals surface area contributed by atoms with E-state index in [2.05, 4.69) is 0 Å². The van der Waals surface area contributed by atoms with Gasteiger partial charge in [0, 0.05) is 19.6 Å². The topological polar surface area (TPSA) is 48.0 Å². The monoisotopic (exact) mass is 291 g/mol. The molecule has 1 atom stereocenters. The molecule has 2 fully saturated rings. The molecule has 3 rings (SSSR count). The van der Waals surface area contributed by atoms with Crippen LogP contribution < -0.4 is 4.74 Å². The number of likely N-dealkylation sites (tertiary alicyclic amines) is 1. The Labute approximate surface area is 124 Å². The Morgan fingerprint density at radius 3 is 2.86 bits per heavy atom. The molecular formula is C16H21NO4. The number of amides is 1. The van der Waals surface area contributed by atoms with Gasteiger partial charge in [-0.05, 0) is 18.6 Å². The van der Waals surface area contributed by atoms with Crippen molar-refractivity contribution in [3.63, 3.8) is 0 Å². The predicted octanol–water partition coefficient (Wildman–Crippen LogP) is 1.33. The summed E-state index contributed by atoms with van der Waals surface area (Å²) < 4.78 is 16.6. The Kier molecular flexibility index (Phi) is 4.12. The summed E-state index contributed by atoms with van der Waals surface area (Å²) in [6.07, 6.45) is 1.01. The SMILES string of the molecule is COC[C@@H]1CCOC12CN(C(=O)COc1ccccc1)C2. The lowest BCUT2D eigenvalue weighted by Crippen LogP contribution is -2.67. The number of rotatable bonds is 5. The van der Waals surface area contributed by atoms with Crippen molar-refractivity contribution in [2.24, 2.45) is 5.92 Å². The molecule has 2 saturated heterocycles. The molecule has 114 valence electrons. The van der Waals surface area contributed by atoms with Gasteiger partial charge in [0.15, 0.2) is 6.61 Å². The van der Waals surface area contributed by atoms with Crippen molar-refractivity contribution < 1.29 is 19.0 Å². The van der Waals surface area contributed by atoms with Crippen LogP contribution in [0.15, 0.2) is 30.3 Å². The van der Waals surface area contributed by atoms with Gasteiger partial charge in [0.05, 0.1) is 19.7 Å². The minimum atomic E-state index is -0.182. The van der Waals surface area contributed by atoms with E-state index in [0.717, 1.165) is 18.8 Å². The second-order valence-corrected chi connectivity index (χ2v) is 5.71. The maximum absolute atomic E-state index is 12.1. The van der Waals surface area contributed by atoms with Gasteiger partial charge in [-0.25, -0.2) is 0 Å². The van der Waals surface area contributed by atoms with E-state index in [4.69, 9.17) is 14.2 Å². The average molecular weight is 291 g/mol. The summed E-state index contributed by atoms with van der Waals surface area (Å²) in [6.45, 7) is 2.84. The zero-order valence-electron chi connectivity index (χ0n) is 12.3. The van der Waals surface area contributed by atoms with Gasteiger partial charge in [-0.1, -0.05) is 18.2 Å². The maximum atomic E-state index is 12.1. The summed E-state index contributed by atoms with van der Waals surface area (Å²) in [5, 5.41) is 0. The van der Waals surface area contributed by atoms with Crippen molar-refractivity contribution in [2.45, 2.75) is 12.0 Å². The molecule has 2 aliphatic heterocycles. The van der Waals surface area contributed by atoms with Crippen LogP contribution in [0.4, 0.5) is 0 Å². The number of hydrogen-bond donors (Lipinski definition) is 0. The number of carbonyl (C=O) groups excluding carboxylic acids is 1. The number of carbonyl (C=O) groups is 1. The Bertz CT molecular complexity index is 484. The second kappa shape index (κ2) is 6.03. The Morgan fingerprint density at radius 1 is 1.38 bits per heavy atom. The molecule has 5 heteroatoms. The van der Waals surface area contributed by atoms with Gasteiger partial charge in [-0.2, -0.15) is 0 Å². The summed E-state index contributed by atoms with van der Waals surface area (Å²) in [5.74, 6) is 1.12. The molecule has 21 heavy (non-hydrogen) atoms. The Balaban J connectivity index is 1.48. The summed E-state index contributed by atoms with van der Waals surface area (Å²) in [4.78, 5) is 13.9. The molecule has 2 aliphatic rings. The van der Waals surface area contributed by atoms with Crippen LogP contribution in [0.1, 0.15) is 6.42 Å². The van der Waals surface area contributed by atoms with Crippen molar-refractivity contribution >= 4 is 5.91 Å². The van der Waals surface area contributed by atoms with E-state index in [9.17, 15) is 4.79 Å². The molecule has 5 nitrogen and oxygen atoms in total. The van der Waals surface area contributed by atoms with E-state index in [1.54, 1.807) is 12.0 Å². The first-order chi connectivity index (χ1) is 10.2. The molecule has 0 N–H and O–H groups in total. The van der Waals surface area contributed by atoms with Crippen LogP contribution in [-0.4, -0.2) is 56.4 Å². The fourth-order valence-electron chi connectivity index (χ4n) is 3.10. The fourth-order valence-corrected chi connectivity index (χ4v) is 3.10. The van der Waals surface area contributed by atoms with E-state index in [1.165, 1.54) is 0 Å². The molecule has 2 heterocycles. The van der Waals surface area contributed by atoms with Crippen molar-refractivity contribution in [2.75, 3.05) is 40.0 Å². The standard InChI is InChI=1S/C16H21NO4/c1-19-9-13-7-8-21-16(13)11-17(12-16)15(18)10-20-14-5-3-2-4-6-14/h2-6,13H,7-12H2,1H3/t13-/m0/s1. The third-order valence-electron chi connectivity index (χ3n) is 4.34. The molecule has 1 aromatic rings. The van der Waals surface area contributed by atoms with Crippen molar-refractivity contribution in [1.29, 1.82) is 0 Å². The molecule has 0 unspecified atom stereocenters. The lowest BCUT2D eigenvalue weighted by Gasteiger charge is -2.50. The highest BCUT2D eigenvalue weighted by Crippen LogP contribution is 2.40. The van der Waals surface area contributed by atoms with Gasteiger partial charge in [-0.15, -0.1) is 0 Å². The fraction of sp³-hybridized carbons (Fsp3) is 0.562. The molecule has 1 amide bonds. The number of benzene rings is 1. The van der Waals surface area contributed by atoms with Crippen LogP contribution in [0.3, 0.4) is 0 Å². The molecule has 1 aromatic carbocycles. The van der Waals surface area contributed by atoms with Crippen LogP contribution in [0.25, 0.3) is 0 Å². The first-order valence-electron chi connectivity index (χ1n) is 7.32. The van der Waals surface area contributed by atoms with Crippen molar-refractivity contribution in [3.8, 4) is 5.75 Å². The van der Waals surface area contributed by atoms with Crippen LogP contribution in [0.2, 0.25) is 0 Å². The molecule has 0 radical (unpaired) electrons. The second-order valence-electron chi connectivity index (χ2n) is 5.71. The average Bonchev–Trinajstić information content (AvgIpc) is 2.88. The molecule has 0 saturated carbocycles. The Morgan fingerprint density at radius 2 is 2.14 bits per heavy atom. The summed E-state index contributed by atoms with van der Waals surface area (Å²) in [6, 6.07) is 9.39. The first kappa shape index (κ1) is 14.4. The van der Waals surface area contributed by atoms with E-state index >= 15 is 0 Å². The number of ether oxygens (including phenoxy) is 3. The third kappa shape index (κ3) is 2.89. The molecule has 0 aromatic heterocycles. The quantitative estimate of drug-likeness (QED) is 0.821. The first-order valence-corrected chi connectivity index (χ1v) is 7.32. The zero-order valence-corrected chi connectivity index (χ0v) is 12.3. The van der Waals surface area contributed by atoms with Crippen LogP contribution in [0.5, 0.6) is 5.75 Å². The minimum absolute atomic E-state index is 0.0103. The minimum Gasteiger partial charge on any atom is -0.484 e. The van der Waals surface area contributed by atoms with Gasteiger partial charge in [0.2, 0.25) is 0 Å². The highest BCUT2D eigenvalue weighted by Gasteiger charge is 2.54. The number of hydrogen-bond acceptors (Lipinski definition) is 4. The van der Waals surface area contributed by atoms with Crippen LogP contribution in [-0.2, 0) is 14.3 Å². The van der Waals surface area contributed by atoms with Crippen molar-refractivity contribution in [1.82, 2.24) is 4.90 Å². The maximum Gasteiger partial charge on any atom is 0.260 e. The van der Waals surface area contributed by atoms with Gasteiger partial charge >= 0.3 is 0 Å². The lowest BCUT2D eigenvalue weighted by molar-refractivity contribution is -0.169. The highest BCUT2D eigenvalue weighted by atomic mass is 16.5. The summed E-state index contributed by atoms with van der Waals surface area (Å²) in [5.41, 5.74) is -0.182. The molecule has 0 aliphatic carbocycles. The highest BCUT2D eigenvalue weighted by molar-refractivity contribution is 5.79. The van der Waals surface area contributed by atoms with Gasteiger partial charge in [-0.3, -0.25) is 4.79 Å². The predicted molar refractivity (Wildman–Crippen MR) is 77.2 cm³/mol. The van der Waals surface area contributed by atoms with Crippen molar-refractivity contribution in [3.05, 3.63) is 30.3 Å². The normalized spacial score (nSPS) is 23.1. The zero-order chi connectivity index (χ0) is 14.7. The van der Waals surface area contributed by atoms with Crippen LogP contribution >= 0.6 is 0 Å². The van der Waals surface area contributed by atoms with Gasteiger partial charge < -0.3 is 19.1 Å². The summed E-state index contributed by atoms with van der Waals surface area (Å²) in [7, 11) is 1.71. The summed E-state index contributed by atoms with van der Waals surface area (Å²) >= 11 is 0. The van der Waals surface area contributed by atoms with Gasteiger partial charge in [0.25, 0.3) is 5.91 Å². The molecule has 0 bridgehead atoms. The van der Waals surface area contributed by atoms with E-state index in [-0.39, 0.29) is 18.1 Å². The lowest BCUT2D eigenvalue weighted by atomic mass is 9.81. The Hall–Kier alpha value is -1.59. The van der Waals surface area contributed by atoms with Gasteiger partial charge in [0.1, 0.15) is 11.4 Å². The van der Waals surface area contributed by atoms with E-state index < -0.39 is 0 Å². The molecule has 1 spiro atoms. The smallest absolute Gasteiger partial charge is 0.260 e. The third-order valence-corrected chi connectivity index (χ3v) is 4.34.